The summed E-state index contributed by atoms with van der Waals surface area (Å²) in [5.41, 5.74) is 5.96. The molecule has 15 heavy (non-hydrogen) atoms. The summed E-state index contributed by atoms with van der Waals surface area (Å²) in [5.74, 6) is 0. The highest BCUT2D eigenvalue weighted by Crippen LogP contribution is 2.26. The summed E-state index contributed by atoms with van der Waals surface area (Å²) in [6.45, 7) is 0.0379. The molecule has 0 fully saturated rings. The summed E-state index contributed by atoms with van der Waals surface area (Å²) >= 11 is 3.13. The summed E-state index contributed by atoms with van der Waals surface area (Å²) in [4.78, 5) is 3.71. The fourth-order valence-electron chi connectivity index (χ4n) is 1.16. The highest BCUT2D eigenvalue weighted by Gasteiger charge is 2.15. The maximum atomic E-state index is 12.4. The third kappa shape index (κ3) is 2.70. The fraction of sp³-hybridized carbons (Fsp3) is 0.333. The van der Waals surface area contributed by atoms with E-state index in [4.69, 9.17) is 11.0 Å². The van der Waals surface area contributed by atoms with Gasteiger partial charge in [0.1, 0.15) is 5.69 Å². The Hall–Kier alpha value is -1.06. The molecule has 0 spiro atoms. The van der Waals surface area contributed by atoms with Crippen LogP contribution in [0.25, 0.3) is 0 Å². The standard InChI is InChI=1S/C9H8BrF2N3/c10-6-3-7(9(11)12)15-8(4-14)5(6)1-2-13/h3,9H,1,4,14H2. The number of alkyl halides is 2. The smallest absolute Gasteiger partial charge is 0.280 e. The molecule has 0 unspecified atom stereocenters. The predicted molar refractivity (Wildman–Crippen MR) is 54.1 cm³/mol. The Balaban J connectivity index is 3.25. The molecule has 3 nitrogen and oxygen atoms in total. The van der Waals surface area contributed by atoms with Gasteiger partial charge in [-0.05, 0) is 6.07 Å². The van der Waals surface area contributed by atoms with Crippen LogP contribution < -0.4 is 5.73 Å². The highest BCUT2D eigenvalue weighted by molar-refractivity contribution is 9.10. The molecule has 1 heterocycles. The molecular weight excluding hydrogens is 268 g/mol. The number of halogens is 3. The monoisotopic (exact) mass is 275 g/mol. The van der Waals surface area contributed by atoms with Crippen molar-refractivity contribution in [2.24, 2.45) is 5.73 Å². The SMILES string of the molecule is N#CCc1c(Br)cc(C(F)F)nc1CN. The van der Waals surface area contributed by atoms with Gasteiger partial charge in [-0.15, -0.1) is 0 Å². The van der Waals surface area contributed by atoms with E-state index in [0.717, 1.165) is 0 Å². The van der Waals surface area contributed by atoms with Gasteiger partial charge in [-0.3, -0.25) is 4.98 Å². The maximum absolute atomic E-state index is 12.4. The largest absolute Gasteiger partial charge is 0.325 e. The van der Waals surface area contributed by atoms with E-state index in [2.05, 4.69) is 20.9 Å². The molecule has 0 amide bonds. The summed E-state index contributed by atoms with van der Waals surface area (Å²) < 4.78 is 25.2. The molecule has 80 valence electrons. The van der Waals surface area contributed by atoms with Crippen molar-refractivity contribution in [3.8, 4) is 6.07 Å². The Labute approximate surface area is 94.0 Å². The van der Waals surface area contributed by atoms with E-state index in [1.54, 1.807) is 0 Å². The van der Waals surface area contributed by atoms with Gasteiger partial charge in [0, 0.05) is 16.6 Å². The van der Waals surface area contributed by atoms with Crippen LogP contribution in [-0.4, -0.2) is 4.98 Å². The zero-order valence-corrected chi connectivity index (χ0v) is 9.26. The van der Waals surface area contributed by atoms with Gasteiger partial charge in [-0.1, -0.05) is 15.9 Å². The summed E-state index contributed by atoms with van der Waals surface area (Å²) in [6, 6.07) is 3.15. The first-order valence-corrected chi connectivity index (χ1v) is 4.92. The van der Waals surface area contributed by atoms with Gasteiger partial charge in [0.25, 0.3) is 6.43 Å². The molecule has 2 N–H and O–H groups in total. The van der Waals surface area contributed by atoms with E-state index in [1.165, 1.54) is 6.07 Å². The van der Waals surface area contributed by atoms with Crippen LogP contribution in [0.2, 0.25) is 0 Å². The number of pyridine rings is 1. The van der Waals surface area contributed by atoms with E-state index in [0.29, 0.717) is 15.7 Å². The number of hydrogen-bond donors (Lipinski definition) is 1. The van der Waals surface area contributed by atoms with Crippen LogP contribution in [0.5, 0.6) is 0 Å². The topological polar surface area (TPSA) is 62.7 Å². The lowest BCUT2D eigenvalue weighted by molar-refractivity contribution is 0.145. The van der Waals surface area contributed by atoms with Gasteiger partial charge in [0.2, 0.25) is 0 Å². The Bertz CT molecular complexity index is 401. The molecular formula is C9H8BrF2N3. The second-order valence-corrected chi connectivity index (χ2v) is 3.65. The molecule has 0 bridgehead atoms. The van der Waals surface area contributed by atoms with Crippen molar-refractivity contribution < 1.29 is 8.78 Å². The average molecular weight is 276 g/mol. The van der Waals surface area contributed by atoms with Crippen molar-refractivity contribution in [3.05, 3.63) is 27.5 Å². The molecule has 0 aliphatic heterocycles. The molecule has 6 heteroatoms. The minimum Gasteiger partial charge on any atom is -0.325 e. The number of hydrogen-bond acceptors (Lipinski definition) is 3. The number of nitrogens with two attached hydrogens (primary N) is 1. The number of aromatic nitrogens is 1. The Morgan fingerprint density at radius 2 is 2.27 bits per heavy atom. The first-order chi connectivity index (χ1) is 7.10. The third-order valence-electron chi connectivity index (χ3n) is 1.85. The quantitative estimate of drug-likeness (QED) is 0.921. The minimum atomic E-state index is -2.64. The van der Waals surface area contributed by atoms with E-state index in [-0.39, 0.29) is 18.7 Å². The Morgan fingerprint density at radius 3 is 2.73 bits per heavy atom. The second-order valence-electron chi connectivity index (χ2n) is 2.79. The maximum Gasteiger partial charge on any atom is 0.280 e. The summed E-state index contributed by atoms with van der Waals surface area (Å²) in [6.07, 6.45) is -2.54. The first-order valence-electron chi connectivity index (χ1n) is 4.13. The summed E-state index contributed by atoms with van der Waals surface area (Å²) in [7, 11) is 0. The number of nitriles is 1. The van der Waals surface area contributed by atoms with Crippen molar-refractivity contribution in [2.45, 2.75) is 19.4 Å². The van der Waals surface area contributed by atoms with E-state index >= 15 is 0 Å². The van der Waals surface area contributed by atoms with Crippen molar-refractivity contribution >= 4 is 15.9 Å². The normalized spacial score (nSPS) is 10.4. The lowest BCUT2D eigenvalue weighted by Gasteiger charge is -2.09. The van der Waals surface area contributed by atoms with E-state index in [1.807, 2.05) is 6.07 Å². The second kappa shape index (κ2) is 5.14. The molecule has 0 aliphatic carbocycles. The van der Waals surface area contributed by atoms with Crippen LogP contribution >= 0.6 is 15.9 Å². The van der Waals surface area contributed by atoms with E-state index < -0.39 is 6.43 Å². The van der Waals surface area contributed by atoms with Gasteiger partial charge >= 0.3 is 0 Å². The molecule has 1 rings (SSSR count). The molecule has 0 atom stereocenters. The Kier molecular flexibility index (Phi) is 4.12. The zero-order chi connectivity index (χ0) is 11.4. The number of rotatable bonds is 3. The van der Waals surface area contributed by atoms with Crippen molar-refractivity contribution in [1.29, 1.82) is 5.26 Å². The molecule has 0 aromatic carbocycles. The van der Waals surface area contributed by atoms with Crippen LogP contribution in [0, 0.1) is 11.3 Å². The lowest BCUT2D eigenvalue weighted by atomic mass is 10.1. The fourth-order valence-corrected chi connectivity index (χ4v) is 1.76. The van der Waals surface area contributed by atoms with Gasteiger partial charge in [-0.25, -0.2) is 8.78 Å². The van der Waals surface area contributed by atoms with E-state index in [9.17, 15) is 8.78 Å². The van der Waals surface area contributed by atoms with Gasteiger partial charge in [0.05, 0.1) is 18.2 Å². The lowest BCUT2D eigenvalue weighted by Crippen LogP contribution is -2.08. The highest BCUT2D eigenvalue weighted by atomic mass is 79.9. The Morgan fingerprint density at radius 1 is 1.60 bits per heavy atom. The van der Waals surface area contributed by atoms with Crippen LogP contribution in [0.1, 0.15) is 23.4 Å². The van der Waals surface area contributed by atoms with Crippen LogP contribution in [0.15, 0.2) is 10.5 Å². The molecule has 1 aromatic rings. The van der Waals surface area contributed by atoms with Crippen LogP contribution in [-0.2, 0) is 13.0 Å². The molecule has 0 radical (unpaired) electrons. The molecule has 0 saturated carbocycles. The summed E-state index contributed by atoms with van der Waals surface area (Å²) in [5, 5.41) is 8.56. The van der Waals surface area contributed by atoms with Crippen molar-refractivity contribution in [1.82, 2.24) is 4.98 Å². The molecule has 1 aromatic heterocycles. The van der Waals surface area contributed by atoms with Gasteiger partial charge < -0.3 is 5.73 Å². The van der Waals surface area contributed by atoms with Crippen molar-refractivity contribution in [2.75, 3.05) is 0 Å². The molecule has 0 saturated heterocycles. The zero-order valence-electron chi connectivity index (χ0n) is 7.67. The predicted octanol–water partition coefficient (Wildman–Crippen LogP) is 2.31. The average Bonchev–Trinajstić information content (AvgIpc) is 2.20. The first kappa shape index (κ1) is 12.0. The number of nitrogens with zero attached hydrogens (tertiary/aromatic N) is 2. The van der Waals surface area contributed by atoms with Gasteiger partial charge in [-0.2, -0.15) is 5.26 Å². The third-order valence-corrected chi connectivity index (χ3v) is 2.56. The van der Waals surface area contributed by atoms with Crippen LogP contribution in [0.4, 0.5) is 8.78 Å². The van der Waals surface area contributed by atoms with Crippen molar-refractivity contribution in [3.63, 3.8) is 0 Å². The van der Waals surface area contributed by atoms with Gasteiger partial charge in [0.15, 0.2) is 0 Å². The van der Waals surface area contributed by atoms with Crippen LogP contribution in [0.3, 0.4) is 0 Å². The minimum absolute atomic E-state index is 0.0379. The molecule has 0 aliphatic rings.